The lowest BCUT2D eigenvalue weighted by Gasteiger charge is -2.21. The average molecular weight is 262 g/mol. The number of piperidine rings is 1. The summed E-state index contributed by atoms with van der Waals surface area (Å²) in [5.41, 5.74) is 0. The maximum Gasteiger partial charge on any atom is 0.451 e. The second-order valence-electron chi connectivity index (χ2n) is 4.72. The molecule has 1 N–H and O–H groups in total. The predicted octanol–water partition coefficient (Wildman–Crippen LogP) is 1.77. The van der Waals surface area contributed by atoms with Crippen LogP contribution in [0.2, 0.25) is 0 Å². The zero-order valence-corrected chi connectivity index (χ0v) is 10.3. The molecular weight excluding hydrogens is 245 g/mol. The number of hydrogen-bond donors (Lipinski definition) is 1. The van der Waals surface area contributed by atoms with E-state index in [4.69, 9.17) is 0 Å². The second-order valence-corrected chi connectivity index (χ2v) is 4.72. The van der Waals surface area contributed by atoms with E-state index in [0.29, 0.717) is 12.3 Å². The first-order valence-corrected chi connectivity index (χ1v) is 6.14. The SMILES string of the molecule is Cn1nc(CCC2CCCNC2)nc1C(F)(F)F. The van der Waals surface area contributed by atoms with Gasteiger partial charge >= 0.3 is 6.18 Å². The molecule has 2 heterocycles. The first kappa shape index (κ1) is 13.3. The average Bonchev–Trinajstić information content (AvgIpc) is 2.69. The molecule has 102 valence electrons. The lowest BCUT2D eigenvalue weighted by Crippen LogP contribution is -2.30. The fourth-order valence-electron chi connectivity index (χ4n) is 2.29. The van der Waals surface area contributed by atoms with Gasteiger partial charge in [0.2, 0.25) is 5.82 Å². The van der Waals surface area contributed by atoms with Crippen molar-refractivity contribution in [3.63, 3.8) is 0 Å². The molecule has 1 unspecified atom stereocenters. The minimum absolute atomic E-state index is 0.287. The highest BCUT2D eigenvalue weighted by molar-refractivity contribution is 4.97. The van der Waals surface area contributed by atoms with Gasteiger partial charge in [-0.2, -0.15) is 18.3 Å². The third kappa shape index (κ3) is 3.22. The molecule has 18 heavy (non-hydrogen) atoms. The van der Waals surface area contributed by atoms with Gasteiger partial charge in [0.25, 0.3) is 0 Å². The van der Waals surface area contributed by atoms with Crippen molar-refractivity contribution in [2.45, 2.75) is 31.9 Å². The van der Waals surface area contributed by atoms with Crippen molar-refractivity contribution >= 4 is 0 Å². The van der Waals surface area contributed by atoms with Crippen LogP contribution in [0, 0.1) is 5.92 Å². The zero-order chi connectivity index (χ0) is 13.2. The topological polar surface area (TPSA) is 42.7 Å². The Morgan fingerprint density at radius 1 is 1.44 bits per heavy atom. The number of hydrogen-bond acceptors (Lipinski definition) is 3. The Morgan fingerprint density at radius 3 is 2.78 bits per heavy atom. The van der Waals surface area contributed by atoms with Crippen molar-refractivity contribution < 1.29 is 13.2 Å². The van der Waals surface area contributed by atoms with E-state index in [1.807, 2.05) is 0 Å². The van der Waals surface area contributed by atoms with Crippen molar-refractivity contribution in [1.29, 1.82) is 0 Å². The largest absolute Gasteiger partial charge is 0.451 e. The molecule has 1 saturated heterocycles. The Bertz CT molecular complexity index is 393. The lowest BCUT2D eigenvalue weighted by atomic mass is 9.95. The monoisotopic (exact) mass is 262 g/mol. The maximum atomic E-state index is 12.5. The maximum absolute atomic E-state index is 12.5. The molecule has 0 saturated carbocycles. The van der Waals surface area contributed by atoms with Crippen molar-refractivity contribution in [3.8, 4) is 0 Å². The Hall–Kier alpha value is -1.11. The molecular formula is C11H17F3N4. The van der Waals surface area contributed by atoms with E-state index in [9.17, 15) is 13.2 Å². The molecule has 1 fully saturated rings. The first-order valence-electron chi connectivity index (χ1n) is 6.14. The van der Waals surface area contributed by atoms with Gasteiger partial charge in [0.05, 0.1) is 0 Å². The Labute approximate surface area is 104 Å². The summed E-state index contributed by atoms with van der Waals surface area (Å²) in [6, 6.07) is 0. The van der Waals surface area contributed by atoms with Gasteiger partial charge in [-0.15, -0.1) is 0 Å². The lowest BCUT2D eigenvalue weighted by molar-refractivity contribution is -0.147. The van der Waals surface area contributed by atoms with Crippen LogP contribution in [0.25, 0.3) is 0 Å². The summed E-state index contributed by atoms with van der Waals surface area (Å²) in [4.78, 5) is 3.57. The van der Waals surface area contributed by atoms with Gasteiger partial charge in [-0.1, -0.05) is 0 Å². The van der Waals surface area contributed by atoms with E-state index in [1.165, 1.54) is 7.05 Å². The van der Waals surface area contributed by atoms with Crippen LogP contribution in [0.3, 0.4) is 0 Å². The van der Waals surface area contributed by atoms with Gasteiger partial charge in [-0.25, -0.2) is 9.67 Å². The summed E-state index contributed by atoms with van der Waals surface area (Å²) >= 11 is 0. The minimum Gasteiger partial charge on any atom is -0.316 e. The van der Waals surface area contributed by atoms with Gasteiger partial charge < -0.3 is 5.32 Å². The van der Waals surface area contributed by atoms with E-state index < -0.39 is 12.0 Å². The molecule has 0 amide bonds. The summed E-state index contributed by atoms with van der Waals surface area (Å²) in [6.07, 6.45) is -0.808. The van der Waals surface area contributed by atoms with Crippen molar-refractivity contribution in [2.24, 2.45) is 13.0 Å². The number of halogens is 3. The molecule has 0 spiro atoms. The Kier molecular flexibility index (Phi) is 3.89. The summed E-state index contributed by atoms with van der Waals surface area (Å²) in [6.45, 7) is 1.98. The molecule has 1 aromatic rings. The quantitative estimate of drug-likeness (QED) is 0.902. The molecule has 1 aliphatic heterocycles. The van der Waals surface area contributed by atoms with E-state index >= 15 is 0 Å². The molecule has 1 aromatic heterocycles. The highest BCUT2D eigenvalue weighted by Gasteiger charge is 2.37. The Morgan fingerprint density at radius 2 is 2.22 bits per heavy atom. The fraction of sp³-hybridized carbons (Fsp3) is 0.818. The predicted molar refractivity (Wildman–Crippen MR) is 59.9 cm³/mol. The van der Waals surface area contributed by atoms with Crippen molar-refractivity contribution in [2.75, 3.05) is 13.1 Å². The molecule has 0 bridgehead atoms. The Balaban J connectivity index is 1.93. The summed E-state index contributed by atoms with van der Waals surface area (Å²) in [5.74, 6) is -0.105. The van der Waals surface area contributed by atoms with Gasteiger partial charge in [0.1, 0.15) is 0 Å². The molecule has 0 aromatic carbocycles. The van der Waals surface area contributed by atoms with Crippen LogP contribution in [0.5, 0.6) is 0 Å². The zero-order valence-electron chi connectivity index (χ0n) is 10.3. The van der Waals surface area contributed by atoms with Crippen LogP contribution in [0.4, 0.5) is 13.2 Å². The van der Waals surface area contributed by atoms with Crippen LogP contribution in [-0.4, -0.2) is 27.9 Å². The summed E-state index contributed by atoms with van der Waals surface area (Å²) in [7, 11) is 1.28. The second kappa shape index (κ2) is 5.26. The first-order chi connectivity index (χ1) is 8.47. The van der Waals surface area contributed by atoms with Crippen LogP contribution in [0.15, 0.2) is 0 Å². The van der Waals surface area contributed by atoms with E-state index in [1.54, 1.807) is 0 Å². The van der Waals surface area contributed by atoms with Crippen LogP contribution >= 0.6 is 0 Å². The standard InChI is InChI=1S/C11H17F3N4/c1-18-10(11(12,13)14)16-9(17-18)5-4-8-3-2-6-15-7-8/h8,15H,2-7H2,1H3. The van der Waals surface area contributed by atoms with Crippen LogP contribution < -0.4 is 5.32 Å². The van der Waals surface area contributed by atoms with E-state index in [-0.39, 0.29) is 5.82 Å². The summed E-state index contributed by atoms with van der Waals surface area (Å²) in [5, 5.41) is 7.11. The van der Waals surface area contributed by atoms with Crippen LogP contribution in [-0.2, 0) is 19.6 Å². The number of rotatable bonds is 3. The smallest absolute Gasteiger partial charge is 0.316 e. The van der Waals surface area contributed by atoms with Gasteiger partial charge in [-0.05, 0) is 38.3 Å². The van der Waals surface area contributed by atoms with E-state index in [2.05, 4.69) is 15.4 Å². The van der Waals surface area contributed by atoms with Crippen molar-refractivity contribution in [3.05, 3.63) is 11.6 Å². The molecule has 4 nitrogen and oxygen atoms in total. The van der Waals surface area contributed by atoms with E-state index in [0.717, 1.165) is 37.0 Å². The minimum atomic E-state index is -4.42. The molecule has 1 aliphatic rings. The third-order valence-corrected chi connectivity index (χ3v) is 3.24. The molecule has 0 aliphatic carbocycles. The van der Waals surface area contributed by atoms with Gasteiger partial charge in [-0.3, -0.25) is 0 Å². The van der Waals surface area contributed by atoms with Crippen molar-refractivity contribution in [1.82, 2.24) is 20.1 Å². The summed E-state index contributed by atoms with van der Waals surface area (Å²) < 4.78 is 38.4. The molecule has 7 heteroatoms. The number of aryl methyl sites for hydroxylation is 2. The number of nitrogens with one attached hydrogen (secondary N) is 1. The third-order valence-electron chi connectivity index (χ3n) is 3.24. The number of nitrogens with zero attached hydrogens (tertiary/aromatic N) is 3. The van der Waals surface area contributed by atoms with Gasteiger partial charge in [0, 0.05) is 13.5 Å². The molecule has 1 atom stereocenters. The highest BCUT2D eigenvalue weighted by atomic mass is 19.4. The van der Waals surface area contributed by atoms with Crippen LogP contribution in [0.1, 0.15) is 30.9 Å². The molecule has 0 radical (unpaired) electrons. The fourth-order valence-corrected chi connectivity index (χ4v) is 2.29. The number of alkyl halides is 3. The molecule has 2 rings (SSSR count). The number of aromatic nitrogens is 3. The normalized spacial score (nSPS) is 21.2. The highest BCUT2D eigenvalue weighted by Crippen LogP contribution is 2.27. The van der Waals surface area contributed by atoms with Gasteiger partial charge in [0.15, 0.2) is 5.82 Å².